The zero-order valence-corrected chi connectivity index (χ0v) is 15.4. The quantitative estimate of drug-likeness (QED) is 0.647. The van der Waals surface area contributed by atoms with Gasteiger partial charge in [0.2, 0.25) is 0 Å². The third-order valence-corrected chi connectivity index (χ3v) is 5.16. The zero-order chi connectivity index (χ0) is 18.8. The molecule has 0 bridgehead atoms. The summed E-state index contributed by atoms with van der Waals surface area (Å²) in [5, 5.41) is 14.2. The number of aromatic carboxylic acids is 1. The molecule has 27 heavy (non-hydrogen) atoms. The summed E-state index contributed by atoms with van der Waals surface area (Å²) in [7, 11) is 0. The van der Waals surface area contributed by atoms with Gasteiger partial charge in [0.05, 0.1) is 16.8 Å². The lowest BCUT2D eigenvalue weighted by atomic mass is 9.90. The van der Waals surface area contributed by atoms with Crippen LogP contribution in [-0.4, -0.2) is 29.3 Å². The Balaban J connectivity index is 1.79. The number of hydrogen-bond donors (Lipinski definition) is 2. The molecule has 4 rings (SSSR count). The molecule has 0 atom stereocenters. The van der Waals surface area contributed by atoms with E-state index in [1.165, 1.54) is 0 Å². The predicted octanol–water partition coefficient (Wildman–Crippen LogP) is 5.22. The molecule has 0 amide bonds. The summed E-state index contributed by atoms with van der Waals surface area (Å²) in [5.74, 6) is -0.582. The van der Waals surface area contributed by atoms with Gasteiger partial charge in [-0.1, -0.05) is 11.6 Å². The predicted molar refractivity (Wildman–Crippen MR) is 106 cm³/mol. The monoisotopic (exact) mass is 382 g/mol. The number of carboxylic acid groups (broad SMARTS) is 1. The summed E-state index contributed by atoms with van der Waals surface area (Å²) in [4.78, 5) is 15.7. The van der Waals surface area contributed by atoms with E-state index >= 15 is 0 Å². The van der Waals surface area contributed by atoms with Crippen molar-refractivity contribution in [3.63, 3.8) is 0 Å². The lowest BCUT2D eigenvalue weighted by molar-refractivity contribution is 0.0697. The second kappa shape index (κ2) is 7.55. The van der Waals surface area contributed by atoms with E-state index in [4.69, 9.17) is 21.4 Å². The summed E-state index contributed by atoms with van der Waals surface area (Å²) in [6.45, 7) is 1.48. The van der Waals surface area contributed by atoms with E-state index in [1.54, 1.807) is 24.3 Å². The molecule has 2 heterocycles. The number of nitrogens with zero attached hydrogens (tertiary/aromatic N) is 1. The molecule has 0 spiro atoms. The van der Waals surface area contributed by atoms with Gasteiger partial charge in [0, 0.05) is 35.5 Å². The summed E-state index contributed by atoms with van der Waals surface area (Å²) in [6.07, 6.45) is 3.82. The third kappa shape index (κ3) is 3.75. The minimum atomic E-state index is -0.939. The molecule has 0 aliphatic carbocycles. The fraction of sp³-hybridized carbons (Fsp3) is 0.238. The molecule has 5 nitrogen and oxygen atoms in total. The van der Waals surface area contributed by atoms with Crippen LogP contribution in [0.5, 0.6) is 0 Å². The van der Waals surface area contributed by atoms with Crippen LogP contribution in [-0.2, 0) is 4.74 Å². The molecule has 0 unspecified atom stereocenters. The normalized spacial score (nSPS) is 15.0. The van der Waals surface area contributed by atoms with Crippen molar-refractivity contribution < 1.29 is 14.6 Å². The first-order valence-corrected chi connectivity index (χ1v) is 9.26. The van der Waals surface area contributed by atoms with Crippen LogP contribution in [0.1, 0.15) is 34.7 Å². The standard InChI is InChI=1S/C21H19ClN2O3/c22-15-3-6-19-17(11-15)20(18(12-23-19)13-7-9-27-10-8-13)24-16-4-1-14(2-5-16)21(25)26/h1-6,11-13H,7-10H2,(H,23,24)(H,25,26). The molecule has 1 aliphatic heterocycles. The minimum absolute atomic E-state index is 0.257. The number of carboxylic acids is 1. The number of anilines is 2. The molecule has 3 aromatic rings. The van der Waals surface area contributed by atoms with Gasteiger partial charge < -0.3 is 15.2 Å². The van der Waals surface area contributed by atoms with Crippen molar-refractivity contribution in [1.82, 2.24) is 4.98 Å². The van der Waals surface area contributed by atoms with Crippen LogP contribution in [0, 0.1) is 0 Å². The number of hydrogen-bond acceptors (Lipinski definition) is 4. The second-order valence-electron chi connectivity index (χ2n) is 6.64. The summed E-state index contributed by atoms with van der Waals surface area (Å²) in [6, 6.07) is 12.4. The van der Waals surface area contributed by atoms with Crippen molar-refractivity contribution in [2.24, 2.45) is 0 Å². The van der Waals surface area contributed by atoms with Crippen molar-refractivity contribution in [3.05, 3.63) is 64.8 Å². The Morgan fingerprint density at radius 1 is 1.15 bits per heavy atom. The number of pyridine rings is 1. The molecule has 1 saturated heterocycles. The highest BCUT2D eigenvalue weighted by Crippen LogP contribution is 2.38. The Labute approximate surface area is 161 Å². The average molecular weight is 383 g/mol. The average Bonchev–Trinajstić information content (AvgIpc) is 2.69. The molecule has 1 fully saturated rings. The summed E-state index contributed by atoms with van der Waals surface area (Å²) < 4.78 is 5.50. The van der Waals surface area contributed by atoms with E-state index in [0.717, 1.165) is 53.9 Å². The van der Waals surface area contributed by atoms with Crippen LogP contribution in [0.25, 0.3) is 10.9 Å². The van der Waals surface area contributed by atoms with Gasteiger partial charge in [-0.3, -0.25) is 4.98 Å². The highest BCUT2D eigenvalue weighted by Gasteiger charge is 2.21. The van der Waals surface area contributed by atoms with Gasteiger partial charge in [-0.2, -0.15) is 0 Å². The second-order valence-corrected chi connectivity index (χ2v) is 7.08. The van der Waals surface area contributed by atoms with Gasteiger partial charge in [-0.05, 0) is 66.8 Å². The topological polar surface area (TPSA) is 71.5 Å². The molecule has 138 valence electrons. The fourth-order valence-electron chi connectivity index (χ4n) is 3.48. The number of fused-ring (bicyclic) bond motifs is 1. The van der Waals surface area contributed by atoms with Gasteiger partial charge in [0.1, 0.15) is 0 Å². The van der Waals surface area contributed by atoms with E-state index in [0.29, 0.717) is 10.9 Å². The molecule has 1 aromatic heterocycles. The number of carbonyl (C=O) groups is 1. The van der Waals surface area contributed by atoms with Gasteiger partial charge in [-0.25, -0.2) is 4.79 Å². The maximum atomic E-state index is 11.1. The van der Waals surface area contributed by atoms with E-state index in [9.17, 15) is 4.79 Å². The van der Waals surface area contributed by atoms with Crippen molar-refractivity contribution in [1.29, 1.82) is 0 Å². The van der Waals surface area contributed by atoms with Crippen LogP contribution in [0.15, 0.2) is 48.7 Å². The molecule has 0 saturated carbocycles. The molecule has 0 radical (unpaired) electrons. The van der Waals surface area contributed by atoms with Crippen molar-refractivity contribution in [3.8, 4) is 0 Å². The van der Waals surface area contributed by atoms with E-state index in [2.05, 4.69) is 10.3 Å². The molecular formula is C21H19ClN2O3. The Hall–Kier alpha value is -2.63. The van der Waals surface area contributed by atoms with E-state index in [-0.39, 0.29) is 5.56 Å². The number of aromatic nitrogens is 1. The van der Waals surface area contributed by atoms with Crippen molar-refractivity contribution >= 4 is 39.8 Å². The Morgan fingerprint density at radius 3 is 2.59 bits per heavy atom. The molecule has 6 heteroatoms. The molecule has 2 N–H and O–H groups in total. The van der Waals surface area contributed by atoms with Gasteiger partial charge in [-0.15, -0.1) is 0 Å². The number of nitrogens with one attached hydrogen (secondary N) is 1. The smallest absolute Gasteiger partial charge is 0.335 e. The fourth-order valence-corrected chi connectivity index (χ4v) is 3.65. The lowest BCUT2D eigenvalue weighted by Crippen LogP contribution is -2.15. The van der Waals surface area contributed by atoms with Gasteiger partial charge in [0.25, 0.3) is 0 Å². The highest BCUT2D eigenvalue weighted by molar-refractivity contribution is 6.31. The first-order valence-electron chi connectivity index (χ1n) is 8.88. The van der Waals surface area contributed by atoms with Crippen molar-refractivity contribution in [2.75, 3.05) is 18.5 Å². The van der Waals surface area contributed by atoms with Crippen LogP contribution in [0.4, 0.5) is 11.4 Å². The number of halogens is 1. The van der Waals surface area contributed by atoms with Crippen LogP contribution in [0.3, 0.4) is 0 Å². The lowest BCUT2D eigenvalue weighted by Gasteiger charge is -2.25. The molecule has 2 aromatic carbocycles. The van der Waals surface area contributed by atoms with E-state index < -0.39 is 5.97 Å². The van der Waals surface area contributed by atoms with Gasteiger partial charge in [0.15, 0.2) is 0 Å². The maximum Gasteiger partial charge on any atom is 0.335 e. The van der Waals surface area contributed by atoms with Crippen LogP contribution in [0.2, 0.25) is 5.02 Å². The van der Waals surface area contributed by atoms with E-state index in [1.807, 2.05) is 24.4 Å². The third-order valence-electron chi connectivity index (χ3n) is 4.92. The first-order chi connectivity index (χ1) is 13.1. The van der Waals surface area contributed by atoms with Crippen LogP contribution < -0.4 is 5.32 Å². The summed E-state index contributed by atoms with van der Waals surface area (Å²) >= 11 is 6.25. The number of benzene rings is 2. The molecular weight excluding hydrogens is 364 g/mol. The number of rotatable bonds is 4. The minimum Gasteiger partial charge on any atom is -0.478 e. The Kier molecular flexibility index (Phi) is 4.97. The van der Waals surface area contributed by atoms with Gasteiger partial charge >= 0.3 is 5.97 Å². The summed E-state index contributed by atoms with van der Waals surface area (Å²) in [5.41, 5.74) is 4.04. The number of ether oxygens (including phenoxy) is 1. The largest absolute Gasteiger partial charge is 0.478 e. The zero-order valence-electron chi connectivity index (χ0n) is 14.6. The Bertz CT molecular complexity index is 983. The SMILES string of the molecule is O=C(O)c1ccc(Nc2c(C3CCOCC3)cnc3ccc(Cl)cc23)cc1. The van der Waals surface area contributed by atoms with Crippen LogP contribution >= 0.6 is 11.6 Å². The van der Waals surface area contributed by atoms with Crippen molar-refractivity contribution in [2.45, 2.75) is 18.8 Å². The highest BCUT2D eigenvalue weighted by atomic mass is 35.5. The molecule has 1 aliphatic rings. The maximum absolute atomic E-state index is 11.1. The first kappa shape index (κ1) is 17.8. The Morgan fingerprint density at radius 2 is 1.89 bits per heavy atom.